The summed E-state index contributed by atoms with van der Waals surface area (Å²) in [5.74, 6) is -1.76. The van der Waals surface area contributed by atoms with Crippen molar-refractivity contribution in [2.75, 3.05) is 18.8 Å². The van der Waals surface area contributed by atoms with Crippen molar-refractivity contribution in [1.29, 1.82) is 0 Å². The predicted octanol–water partition coefficient (Wildman–Crippen LogP) is -0.917. The lowest BCUT2D eigenvalue weighted by molar-refractivity contribution is -0.134. The van der Waals surface area contributed by atoms with Crippen molar-refractivity contribution in [1.82, 2.24) is 9.62 Å². The van der Waals surface area contributed by atoms with E-state index in [-0.39, 0.29) is 12.1 Å². The van der Waals surface area contributed by atoms with Gasteiger partial charge in [0.15, 0.2) is 5.75 Å². The summed E-state index contributed by atoms with van der Waals surface area (Å²) in [5.41, 5.74) is 0. The molecule has 0 aromatic heterocycles. The second kappa shape index (κ2) is 3.97. The third kappa shape index (κ3) is 1.94. The monoisotopic (exact) mass is 248 g/mol. The molecule has 2 N–H and O–H groups in total. The molecule has 0 aromatic rings. The lowest BCUT2D eigenvalue weighted by Gasteiger charge is -2.25. The van der Waals surface area contributed by atoms with E-state index in [1.165, 1.54) is 4.31 Å². The molecule has 0 saturated carbocycles. The number of carbonyl (C=O) groups is 1. The second-order valence-electron chi connectivity index (χ2n) is 4.55. The Labute approximate surface area is 94.7 Å². The Morgan fingerprint density at radius 2 is 2.19 bits per heavy atom. The molecule has 16 heavy (non-hydrogen) atoms. The summed E-state index contributed by atoms with van der Waals surface area (Å²) in [6.07, 6.45) is 0.816. The largest absolute Gasteiger partial charge is 0.480 e. The van der Waals surface area contributed by atoms with Gasteiger partial charge in [-0.05, 0) is 25.8 Å². The molecule has 0 aliphatic carbocycles. The van der Waals surface area contributed by atoms with E-state index in [9.17, 15) is 13.2 Å². The molecule has 92 valence electrons. The highest BCUT2D eigenvalue weighted by Gasteiger charge is 2.47. The van der Waals surface area contributed by atoms with Gasteiger partial charge in [0, 0.05) is 18.6 Å². The SMILES string of the molecule is CC1CC2CNCC2N1S(=O)(=O)CC(=O)O. The van der Waals surface area contributed by atoms with Gasteiger partial charge in [-0.25, -0.2) is 8.42 Å². The predicted molar refractivity (Wildman–Crippen MR) is 57.5 cm³/mol. The van der Waals surface area contributed by atoms with Crippen LogP contribution in [0.5, 0.6) is 0 Å². The average molecular weight is 248 g/mol. The third-order valence-electron chi connectivity index (χ3n) is 3.34. The van der Waals surface area contributed by atoms with E-state index in [1.54, 1.807) is 0 Å². The van der Waals surface area contributed by atoms with Crippen molar-refractivity contribution in [3.63, 3.8) is 0 Å². The van der Waals surface area contributed by atoms with Crippen LogP contribution in [0.15, 0.2) is 0 Å². The van der Waals surface area contributed by atoms with E-state index < -0.39 is 21.7 Å². The standard InChI is InChI=1S/C9H16N2O4S/c1-6-2-7-3-10-4-8(7)11(6)16(14,15)5-9(12)13/h6-8,10H,2-5H2,1H3,(H,12,13). The summed E-state index contributed by atoms with van der Waals surface area (Å²) in [4.78, 5) is 10.5. The summed E-state index contributed by atoms with van der Waals surface area (Å²) in [7, 11) is -3.67. The normalized spacial score (nSPS) is 35.2. The average Bonchev–Trinajstić information content (AvgIpc) is 2.58. The number of carboxylic acid groups (broad SMARTS) is 1. The van der Waals surface area contributed by atoms with Crippen LogP contribution in [-0.4, -0.2) is 54.7 Å². The molecule has 2 fully saturated rings. The molecule has 0 amide bonds. The zero-order valence-corrected chi connectivity index (χ0v) is 9.90. The van der Waals surface area contributed by atoms with Gasteiger partial charge in [0.1, 0.15) is 0 Å². The molecule has 2 aliphatic rings. The molecule has 2 heterocycles. The van der Waals surface area contributed by atoms with Crippen molar-refractivity contribution in [2.45, 2.75) is 25.4 Å². The van der Waals surface area contributed by atoms with Crippen LogP contribution in [0, 0.1) is 5.92 Å². The number of hydrogen-bond donors (Lipinski definition) is 2. The van der Waals surface area contributed by atoms with E-state index in [0.717, 1.165) is 13.0 Å². The van der Waals surface area contributed by atoms with Crippen molar-refractivity contribution in [3.05, 3.63) is 0 Å². The van der Waals surface area contributed by atoms with Gasteiger partial charge in [-0.1, -0.05) is 0 Å². The van der Waals surface area contributed by atoms with Gasteiger partial charge in [0.2, 0.25) is 10.0 Å². The minimum atomic E-state index is -3.67. The van der Waals surface area contributed by atoms with E-state index in [2.05, 4.69) is 5.32 Å². The number of fused-ring (bicyclic) bond motifs is 1. The summed E-state index contributed by atoms with van der Waals surface area (Å²) >= 11 is 0. The van der Waals surface area contributed by atoms with Crippen LogP contribution in [-0.2, 0) is 14.8 Å². The number of aliphatic carboxylic acids is 1. The summed E-state index contributed by atoms with van der Waals surface area (Å²) in [5, 5.41) is 11.8. The molecule has 0 aromatic carbocycles. The number of nitrogens with one attached hydrogen (secondary N) is 1. The lowest BCUT2D eigenvalue weighted by Crippen LogP contribution is -2.45. The molecule has 0 radical (unpaired) electrons. The molecule has 3 atom stereocenters. The maximum Gasteiger partial charge on any atom is 0.320 e. The van der Waals surface area contributed by atoms with Crippen LogP contribution in [0.2, 0.25) is 0 Å². The van der Waals surface area contributed by atoms with Gasteiger partial charge in [-0.15, -0.1) is 0 Å². The molecule has 2 rings (SSSR count). The molecular weight excluding hydrogens is 232 g/mol. The highest BCUT2D eigenvalue weighted by Crippen LogP contribution is 2.34. The number of sulfonamides is 1. The highest BCUT2D eigenvalue weighted by molar-refractivity contribution is 7.89. The molecule has 6 nitrogen and oxygen atoms in total. The van der Waals surface area contributed by atoms with E-state index >= 15 is 0 Å². The molecule has 2 aliphatic heterocycles. The minimum Gasteiger partial charge on any atom is -0.480 e. The first-order valence-electron chi connectivity index (χ1n) is 5.35. The Morgan fingerprint density at radius 1 is 1.50 bits per heavy atom. The molecule has 3 unspecified atom stereocenters. The smallest absolute Gasteiger partial charge is 0.320 e. The Kier molecular flexibility index (Phi) is 2.93. The third-order valence-corrected chi connectivity index (χ3v) is 5.22. The second-order valence-corrected chi connectivity index (χ2v) is 6.42. The number of nitrogens with zero attached hydrogens (tertiary/aromatic N) is 1. The van der Waals surface area contributed by atoms with Gasteiger partial charge in [0.05, 0.1) is 0 Å². The van der Waals surface area contributed by atoms with Crippen molar-refractivity contribution in [3.8, 4) is 0 Å². The van der Waals surface area contributed by atoms with Crippen molar-refractivity contribution >= 4 is 16.0 Å². The van der Waals surface area contributed by atoms with Gasteiger partial charge in [-0.2, -0.15) is 4.31 Å². The Balaban J connectivity index is 2.22. The van der Waals surface area contributed by atoms with Crippen LogP contribution in [0.3, 0.4) is 0 Å². The molecule has 0 spiro atoms. The quantitative estimate of drug-likeness (QED) is 0.675. The van der Waals surface area contributed by atoms with Crippen LogP contribution >= 0.6 is 0 Å². The molecule has 2 saturated heterocycles. The van der Waals surface area contributed by atoms with Crippen LogP contribution < -0.4 is 5.32 Å². The zero-order valence-electron chi connectivity index (χ0n) is 9.09. The van der Waals surface area contributed by atoms with Gasteiger partial charge < -0.3 is 10.4 Å². The summed E-state index contributed by atoms with van der Waals surface area (Å²) < 4.78 is 25.2. The molecular formula is C9H16N2O4S. The number of carboxylic acids is 1. The summed E-state index contributed by atoms with van der Waals surface area (Å²) in [6.45, 7) is 3.31. The number of hydrogen-bond acceptors (Lipinski definition) is 4. The summed E-state index contributed by atoms with van der Waals surface area (Å²) in [6, 6.07) is -0.138. The van der Waals surface area contributed by atoms with Gasteiger partial charge in [-0.3, -0.25) is 4.79 Å². The van der Waals surface area contributed by atoms with Gasteiger partial charge >= 0.3 is 5.97 Å². The molecule has 0 bridgehead atoms. The maximum absolute atomic E-state index is 11.9. The Hall–Kier alpha value is -0.660. The fourth-order valence-corrected chi connectivity index (χ4v) is 4.59. The van der Waals surface area contributed by atoms with E-state index in [4.69, 9.17) is 5.11 Å². The van der Waals surface area contributed by atoms with Gasteiger partial charge in [0.25, 0.3) is 0 Å². The fraction of sp³-hybridized carbons (Fsp3) is 0.889. The Bertz CT molecular complexity index is 394. The lowest BCUT2D eigenvalue weighted by atomic mass is 10.0. The number of rotatable bonds is 3. The topological polar surface area (TPSA) is 86.7 Å². The first kappa shape index (κ1) is 11.8. The van der Waals surface area contributed by atoms with Crippen LogP contribution in [0.25, 0.3) is 0 Å². The minimum absolute atomic E-state index is 0.0562. The van der Waals surface area contributed by atoms with Crippen LogP contribution in [0.4, 0.5) is 0 Å². The fourth-order valence-electron chi connectivity index (χ4n) is 2.84. The van der Waals surface area contributed by atoms with Crippen molar-refractivity contribution in [2.24, 2.45) is 5.92 Å². The maximum atomic E-state index is 11.9. The highest BCUT2D eigenvalue weighted by atomic mass is 32.2. The van der Waals surface area contributed by atoms with E-state index in [0.29, 0.717) is 12.5 Å². The van der Waals surface area contributed by atoms with Crippen LogP contribution in [0.1, 0.15) is 13.3 Å². The first-order chi connectivity index (χ1) is 7.42. The first-order valence-corrected chi connectivity index (χ1v) is 6.96. The van der Waals surface area contributed by atoms with E-state index in [1.807, 2.05) is 6.92 Å². The van der Waals surface area contributed by atoms with Crippen molar-refractivity contribution < 1.29 is 18.3 Å². The zero-order chi connectivity index (χ0) is 11.9. The molecule has 7 heteroatoms. The Morgan fingerprint density at radius 3 is 2.81 bits per heavy atom.